The Hall–Kier alpha value is -2.50. The predicted molar refractivity (Wildman–Crippen MR) is 93.3 cm³/mol. The molecule has 0 saturated carbocycles. The summed E-state index contributed by atoms with van der Waals surface area (Å²) in [5.41, 5.74) is 5.90. The smallest absolute Gasteiger partial charge is 0.118 e. The highest BCUT2D eigenvalue weighted by Crippen LogP contribution is 2.33. The van der Waals surface area contributed by atoms with Crippen LogP contribution < -0.4 is 4.74 Å². The minimum absolute atomic E-state index is 0.150. The lowest BCUT2D eigenvalue weighted by Crippen LogP contribution is -2.05. The van der Waals surface area contributed by atoms with Crippen molar-refractivity contribution in [3.05, 3.63) is 70.8 Å². The van der Waals surface area contributed by atoms with Gasteiger partial charge in [0.15, 0.2) is 0 Å². The molecular formula is C21H20O2. The zero-order valence-corrected chi connectivity index (χ0v) is 13.3. The van der Waals surface area contributed by atoms with E-state index < -0.39 is 0 Å². The summed E-state index contributed by atoms with van der Waals surface area (Å²) in [7, 11) is 1.66. The SMILES string of the molecule is COc1ccc(C#CC2=C(CCO)c3ccccc3CC2)cc1. The molecule has 0 atom stereocenters. The minimum atomic E-state index is 0.150. The molecule has 0 aromatic heterocycles. The molecule has 0 saturated heterocycles. The lowest BCUT2D eigenvalue weighted by molar-refractivity contribution is 0.304. The van der Waals surface area contributed by atoms with E-state index in [-0.39, 0.29) is 6.61 Å². The fraction of sp³-hybridized carbons (Fsp3) is 0.238. The van der Waals surface area contributed by atoms with E-state index in [2.05, 4.69) is 36.1 Å². The van der Waals surface area contributed by atoms with Crippen LogP contribution in [0.25, 0.3) is 5.57 Å². The monoisotopic (exact) mass is 304 g/mol. The Morgan fingerprint density at radius 3 is 2.52 bits per heavy atom. The number of hydrogen-bond acceptors (Lipinski definition) is 2. The molecule has 0 heterocycles. The summed E-state index contributed by atoms with van der Waals surface area (Å²) in [4.78, 5) is 0. The number of aliphatic hydroxyl groups is 1. The molecule has 0 radical (unpaired) electrons. The third-order valence-corrected chi connectivity index (χ3v) is 4.16. The van der Waals surface area contributed by atoms with Gasteiger partial charge in [-0.3, -0.25) is 0 Å². The fourth-order valence-electron chi connectivity index (χ4n) is 2.96. The number of allylic oxidation sites excluding steroid dienone is 1. The van der Waals surface area contributed by atoms with Crippen LogP contribution >= 0.6 is 0 Å². The number of methoxy groups -OCH3 is 1. The topological polar surface area (TPSA) is 29.5 Å². The van der Waals surface area contributed by atoms with Crippen LogP contribution in [0.1, 0.15) is 29.5 Å². The van der Waals surface area contributed by atoms with Gasteiger partial charge in [-0.25, -0.2) is 0 Å². The molecule has 0 aliphatic heterocycles. The van der Waals surface area contributed by atoms with Gasteiger partial charge < -0.3 is 9.84 Å². The molecule has 2 aromatic carbocycles. The molecule has 0 unspecified atom stereocenters. The molecule has 3 rings (SSSR count). The summed E-state index contributed by atoms with van der Waals surface area (Å²) in [5.74, 6) is 7.40. The standard InChI is InChI=1S/C21H20O2/c1-23-19-12-7-16(8-13-19)6-9-18-11-10-17-4-2-3-5-20(17)21(18)14-15-22/h2-5,7-8,12-13,22H,10-11,14-15H2,1H3. The maximum Gasteiger partial charge on any atom is 0.118 e. The number of aliphatic hydroxyl groups excluding tert-OH is 1. The third-order valence-electron chi connectivity index (χ3n) is 4.16. The second-order valence-electron chi connectivity index (χ2n) is 5.57. The molecule has 23 heavy (non-hydrogen) atoms. The first kappa shape index (κ1) is 15.4. The summed E-state index contributed by atoms with van der Waals surface area (Å²) in [6, 6.07) is 16.2. The number of hydrogen-bond donors (Lipinski definition) is 1. The first-order valence-electron chi connectivity index (χ1n) is 7.89. The van der Waals surface area contributed by atoms with Crippen molar-refractivity contribution in [1.29, 1.82) is 0 Å². The van der Waals surface area contributed by atoms with Crippen LogP contribution in [0.2, 0.25) is 0 Å². The predicted octanol–water partition coefficient (Wildman–Crippen LogP) is 3.83. The first-order chi connectivity index (χ1) is 11.3. The van der Waals surface area contributed by atoms with Crippen molar-refractivity contribution in [2.45, 2.75) is 19.3 Å². The number of fused-ring (bicyclic) bond motifs is 1. The quantitative estimate of drug-likeness (QED) is 0.873. The molecule has 1 aliphatic carbocycles. The Kier molecular flexibility index (Phi) is 4.80. The maximum absolute atomic E-state index is 9.41. The summed E-state index contributed by atoms with van der Waals surface area (Å²) in [5, 5.41) is 9.41. The summed E-state index contributed by atoms with van der Waals surface area (Å²) in [6.07, 6.45) is 2.61. The van der Waals surface area contributed by atoms with Gasteiger partial charge in [0.05, 0.1) is 7.11 Å². The fourth-order valence-corrected chi connectivity index (χ4v) is 2.96. The molecule has 0 spiro atoms. The van der Waals surface area contributed by atoms with E-state index >= 15 is 0 Å². The summed E-state index contributed by atoms with van der Waals surface area (Å²) >= 11 is 0. The maximum atomic E-state index is 9.41. The molecule has 116 valence electrons. The van der Waals surface area contributed by atoms with Crippen LogP contribution in [-0.4, -0.2) is 18.8 Å². The molecule has 0 bridgehead atoms. The lowest BCUT2D eigenvalue weighted by atomic mass is 9.84. The number of ether oxygens (including phenoxy) is 1. The van der Waals surface area contributed by atoms with Crippen molar-refractivity contribution < 1.29 is 9.84 Å². The van der Waals surface area contributed by atoms with Crippen LogP contribution in [0, 0.1) is 11.8 Å². The number of rotatable bonds is 3. The Balaban J connectivity index is 1.95. The van der Waals surface area contributed by atoms with Crippen molar-refractivity contribution in [3.8, 4) is 17.6 Å². The van der Waals surface area contributed by atoms with Gasteiger partial charge in [-0.2, -0.15) is 0 Å². The Morgan fingerprint density at radius 2 is 1.78 bits per heavy atom. The number of benzene rings is 2. The van der Waals surface area contributed by atoms with Crippen molar-refractivity contribution in [2.75, 3.05) is 13.7 Å². The highest BCUT2D eigenvalue weighted by molar-refractivity contribution is 5.76. The van der Waals surface area contributed by atoms with Gasteiger partial charge in [0.2, 0.25) is 0 Å². The second kappa shape index (κ2) is 7.17. The van der Waals surface area contributed by atoms with Gasteiger partial charge in [0, 0.05) is 17.7 Å². The zero-order chi connectivity index (χ0) is 16.1. The van der Waals surface area contributed by atoms with E-state index in [1.54, 1.807) is 7.11 Å². The van der Waals surface area contributed by atoms with E-state index in [9.17, 15) is 5.11 Å². The van der Waals surface area contributed by atoms with Gasteiger partial charge in [-0.15, -0.1) is 0 Å². The van der Waals surface area contributed by atoms with Crippen molar-refractivity contribution in [3.63, 3.8) is 0 Å². The van der Waals surface area contributed by atoms with Crippen molar-refractivity contribution >= 4 is 5.57 Å². The van der Waals surface area contributed by atoms with E-state index in [1.807, 2.05) is 24.3 Å². The zero-order valence-electron chi connectivity index (χ0n) is 13.3. The van der Waals surface area contributed by atoms with E-state index in [1.165, 1.54) is 16.7 Å². The molecule has 0 fully saturated rings. The Bertz CT molecular complexity index is 773. The molecular weight excluding hydrogens is 284 g/mol. The Morgan fingerprint density at radius 1 is 1.00 bits per heavy atom. The van der Waals surface area contributed by atoms with Gasteiger partial charge in [-0.1, -0.05) is 36.1 Å². The largest absolute Gasteiger partial charge is 0.497 e. The van der Waals surface area contributed by atoms with Gasteiger partial charge in [0.25, 0.3) is 0 Å². The van der Waals surface area contributed by atoms with Crippen molar-refractivity contribution in [1.82, 2.24) is 0 Å². The highest BCUT2D eigenvalue weighted by Gasteiger charge is 2.16. The highest BCUT2D eigenvalue weighted by atomic mass is 16.5. The summed E-state index contributed by atoms with van der Waals surface area (Å²) in [6.45, 7) is 0.150. The molecule has 0 amide bonds. The number of aryl methyl sites for hydroxylation is 1. The molecule has 1 N–H and O–H groups in total. The van der Waals surface area contributed by atoms with Crippen LogP contribution in [0.15, 0.2) is 54.1 Å². The van der Waals surface area contributed by atoms with Gasteiger partial charge in [-0.05, 0) is 60.2 Å². The lowest BCUT2D eigenvalue weighted by Gasteiger charge is -2.20. The van der Waals surface area contributed by atoms with Gasteiger partial charge >= 0.3 is 0 Å². The second-order valence-corrected chi connectivity index (χ2v) is 5.57. The summed E-state index contributed by atoms with van der Waals surface area (Å²) < 4.78 is 5.17. The first-order valence-corrected chi connectivity index (χ1v) is 7.89. The molecule has 2 nitrogen and oxygen atoms in total. The average Bonchev–Trinajstić information content (AvgIpc) is 2.61. The molecule has 2 aromatic rings. The average molecular weight is 304 g/mol. The molecule has 2 heteroatoms. The van der Waals surface area contributed by atoms with E-state index in [0.29, 0.717) is 6.42 Å². The Labute approximate surface area is 137 Å². The van der Waals surface area contributed by atoms with Crippen LogP contribution in [0.3, 0.4) is 0 Å². The van der Waals surface area contributed by atoms with Crippen molar-refractivity contribution in [2.24, 2.45) is 0 Å². The van der Waals surface area contributed by atoms with Crippen LogP contribution in [0.5, 0.6) is 5.75 Å². The van der Waals surface area contributed by atoms with Crippen LogP contribution in [-0.2, 0) is 6.42 Å². The van der Waals surface area contributed by atoms with Gasteiger partial charge in [0.1, 0.15) is 5.75 Å². The van der Waals surface area contributed by atoms with E-state index in [0.717, 1.165) is 29.7 Å². The van der Waals surface area contributed by atoms with Crippen LogP contribution in [0.4, 0.5) is 0 Å². The minimum Gasteiger partial charge on any atom is -0.497 e. The third kappa shape index (κ3) is 3.47. The van der Waals surface area contributed by atoms with E-state index in [4.69, 9.17) is 4.74 Å². The molecule has 1 aliphatic rings. The normalized spacial score (nSPS) is 13.1.